The minimum absolute atomic E-state index is 0.0251. The fraction of sp³-hybridized carbons (Fsp3) is 0.846. The first-order valence-electron chi connectivity index (χ1n) is 6.83. The average molecular weight is 311 g/mol. The molecule has 0 heterocycles. The molecule has 1 aliphatic rings. The van der Waals surface area contributed by atoms with Crippen LogP contribution in [-0.2, 0) is 14.3 Å². The van der Waals surface area contributed by atoms with Gasteiger partial charge in [-0.2, -0.15) is 13.2 Å². The summed E-state index contributed by atoms with van der Waals surface area (Å²) >= 11 is 0. The number of carbonyl (C=O) groups is 2. The van der Waals surface area contributed by atoms with Gasteiger partial charge in [-0.3, -0.25) is 9.59 Å². The molecule has 5 nitrogen and oxygen atoms in total. The van der Waals surface area contributed by atoms with E-state index in [4.69, 9.17) is 9.84 Å². The Morgan fingerprint density at radius 3 is 2.43 bits per heavy atom. The molecule has 21 heavy (non-hydrogen) atoms. The van der Waals surface area contributed by atoms with Crippen molar-refractivity contribution in [2.24, 2.45) is 11.8 Å². The Kier molecular flexibility index (Phi) is 6.44. The molecule has 0 spiro atoms. The van der Waals surface area contributed by atoms with Crippen molar-refractivity contribution < 1.29 is 32.6 Å². The molecule has 0 aliphatic heterocycles. The third-order valence-electron chi connectivity index (χ3n) is 3.71. The van der Waals surface area contributed by atoms with Gasteiger partial charge in [-0.15, -0.1) is 0 Å². The summed E-state index contributed by atoms with van der Waals surface area (Å²) in [5.74, 6) is -4.86. The van der Waals surface area contributed by atoms with E-state index in [9.17, 15) is 22.8 Å². The first-order valence-corrected chi connectivity index (χ1v) is 6.83. The van der Waals surface area contributed by atoms with Gasteiger partial charge in [0.15, 0.2) is 0 Å². The quantitative estimate of drug-likeness (QED) is 0.814. The highest BCUT2D eigenvalue weighted by Crippen LogP contribution is 2.42. The van der Waals surface area contributed by atoms with Crippen molar-refractivity contribution >= 4 is 11.9 Å². The molecule has 1 saturated carbocycles. The second-order valence-electron chi connectivity index (χ2n) is 5.19. The molecule has 2 unspecified atom stereocenters. The third kappa shape index (κ3) is 5.18. The number of alkyl halides is 3. The Morgan fingerprint density at radius 2 is 1.90 bits per heavy atom. The molecule has 1 fully saturated rings. The molecule has 1 amide bonds. The molecule has 0 bridgehead atoms. The van der Waals surface area contributed by atoms with Crippen LogP contribution in [0.5, 0.6) is 0 Å². The number of carboxylic acid groups (broad SMARTS) is 1. The van der Waals surface area contributed by atoms with Crippen molar-refractivity contribution in [2.45, 2.75) is 31.9 Å². The maximum Gasteiger partial charge on any atom is 0.392 e. The number of carboxylic acids is 1. The van der Waals surface area contributed by atoms with Crippen LogP contribution < -0.4 is 0 Å². The maximum atomic E-state index is 13.0. The minimum atomic E-state index is -4.43. The van der Waals surface area contributed by atoms with Crippen molar-refractivity contribution in [3.63, 3.8) is 0 Å². The first kappa shape index (κ1) is 17.7. The van der Waals surface area contributed by atoms with Gasteiger partial charge in [0, 0.05) is 19.6 Å². The molecule has 1 rings (SSSR count). The third-order valence-corrected chi connectivity index (χ3v) is 3.71. The average Bonchev–Trinajstić information content (AvgIpc) is 2.41. The van der Waals surface area contributed by atoms with Crippen LogP contribution >= 0.6 is 0 Å². The van der Waals surface area contributed by atoms with E-state index in [-0.39, 0.29) is 26.0 Å². The lowest BCUT2D eigenvalue weighted by molar-refractivity contribution is -0.201. The number of hydrogen-bond donors (Lipinski definition) is 1. The molecular formula is C13H20F3NO4. The minimum Gasteiger partial charge on any atom is -0.480 e. The molecule has 8 heteroatoms. The summed E-state index contributed by atoms with van der Waals surface area (Å²) in [4.78, 5) is 24.0. The molecule has 2 atom stereocenters. The van der Waals surface area contributed by atoms with Crippen molar-refractivity contribution in [3.8, 4) is 0 Å². The van der Waals surface area contributed by atoms with E-state index >= 15 is 0 Å². The molecule has 1 aliphatic carbocycles. The Morgan fingerprint density at radius 1 is 1.29 bits per heavy atom. The van der Waals surface area contributed by atoms with E-state index in [1.807, 2.05) is 0 Å². The molecule has 122 valence electrons. The number of ether oxygens (including phenoxy) is 1. The van der Waals surface area contributed by atoms with E-state index in [2.05, 4.69) is 0 Å². The summed E-state index contributed by atoms with van der Waals surface area (Å²) in [6.07, 6.45) is -3.38. The summed E-state index contributed by atoms with van der Waals surface area (Å²) in [7, 11) is 1.38. The van der Waals surface area contributed by atoms with Crippen LogP contribution in [0.4, 0.5) is 13.2 Å². The predicted molar refractivity (Wildman–Crippen MR) is 67.6 cm³/mol. The Hall–Kier alpha value is -1.31. The maximum absolute atomic E-state index is 13.0. The molecule has 0 radical (unpaired) electrons. The Balaban J connectivity index is 2.85. The van der Waals surface area contributed by atoms with Crippen molar-refractivity contribution in [1.82, 2.24) is 4.90 Å². The van der Waals surface area contributed by atoms with Gasteiger partial charge in [0.2, 0.25) is 5.91 Å². The Labute approximate surface area is 121 Å². The number of aliphatic carboxylic acids is 1. The summed E-state index contributed by atoms with van der Waals surface area (Å²) in [5, 5.41) is 8.80. The van der Waals surface area contributed by atoms with Gasteiger partial charge >= 0.3 is 12.1 Å². The summed E-state index contributed by atoms with van der Waals surface area (Å²) in [6, 6.07) is 0. The van der Waals surface area contributed by atoms with Gasteiger partial charge in [-0.1, -0.05) is 12.8 Å². The van der Waals surface area contributed by atoms with Crippen molar-refractivity contribution in [3.05, 3.63) is 0 Å². The largest absolute Gasteiger partial charge is 0.480 e. The summed E-state index contributed by atoms with van der Waals surface area (Å²) in [5.41, 5.74) is 0. The lowest BCUT2D eigenvalue weighted by Crippen LogP contribution is -2.47. The molecule has 0 saturated heterocycles. The number of nitrogens with zero attached hydrogens (tertiary/aromatic N) is 1. The zero-order valence-corrected chi connectivity index (χ0v) is 11.9. The van der Waals surface area contributed by atoms with E-state index in [1.165, 1.54) is 7.11 Å². The highest BCUT2D eigenvalue weighted by Gasteiger charge is 2.49. The summed E-state index contributed by atoms with van der Waals surface area (Å²) < 4.78 is 43.8. The predicted octanol–water partition coefficient (Wildman–Crippen LogP) is 1.91. The van der Waals surface area contributed by atoms with Crippen LogP contribution in [0.3, 0.4) is 0 Å². The monoisotopic (exact) mass is 311 g/mol. The second-order valence-corrected chi connectivity index (χ2v) is 5.19. The van der Waals surface area contributed by atoms with E-state index < -0.39 is 36.4 Å². The number of carbonyl (C=O) groups excluding carboxylic acids is 1. The lowest BCUT2D eigenvalue weighted by Gasteiger charge is -2.35. The van der Waals surface area contributed by atoms with Gasteiger partial charge in [-0.25, -0.2) is 0 Å². The Bertz CT molecular complexity index is 373. The topological polar surface area (TPSA) is 66.8 Å². The number of rotatable bonds is 6. The van der Waals surface area contributed by atoms with Gasteiger partial charge < -0.3 is 14.7 Å². The second kappa shape index (κ2) is 7.63. The van der Waals surface area contributed by atoms with Crippen LogP contribution in [0.1, 0.15) is 25.7 Å². The molecule has 0 aromatic carbocycles. The smallest absolute Gasteiger partial charge is 0.392 e. The number of hydrogen-bond acceptors (Lipinski definition) is 3. The standard InChI is InChI=1S/C13H20F3NO4/c1-21-7-6-17(8-11(18)19)12(20)9-4-2-3-5-10(9)13(14,15)16/h9-10H,2-8H2,1H3,(H,18,19). The number of amides is 1. The zero-order valence-electron chi connectivity index (χ0n) is 11.9. The normalized spacial score (nSPS) is 22.9. The fourth-order valence-electron chi connectivity index (χ4n) is 2.68. The molecule has 0 aromatic rings. The first-order chi connectivity index (χ1) is 9.77. The van der Waals surface area contributed by atoms with Crippen LogP contribution in [0, 0.1) is 11.8 Å². The fourth-order valence-corrected chi connectivity index (χ4v) is 2.68. The van der Waals surface area contributed by atoms with Crippen LogP contribution in [0.25, 0.3) is 0 Å². The van der Waals surface area contributed by atoms with E-state index in [1.54, 1.807) is 0 Å². The van der Waals surface area contributed by atoms with Gasteiger partial charge in [0.05, 0.1) is 12.5 Å². The van der Waals surface area contributed by atoms with Crippen LogP contribution in [-0.4, -0.2) is 54.9 Å². The molecule has 0 aromatic heterocycles. The van der Waals surface area contributed by atoms with Crippen molar-refractivity contribution in [1.29, 1.82) is 0 Å². The van der Waals surface area contributed by atoms with Gasteiger partial charge in [0.25, 0.3) is 0 Å². The SMILES string of the molecule is COCCN(CC(=O)O)C(=O)C1CCCCC1C(F)(F)F. The van der Waals surface area contributed by atoms with Crippen molar-refractivity contribution in [2.75, 3.05) is 26.8 Å². The highest BCUT2D eigenvalue weighted by molar-refractivity contribution is 5.83. The van der Waals surface area contributed by atoms with Gasteiger partial charge in [0.1, 0.15) is 6.54 Å². The van der Waals surface area contributed by atoms with E-state index in [0.717, 1.165) is 4.90 Å². The number of halogens is 3. The molecule has 1 N–H and O–H groups in total. The zero-order chi connectivity index (χ0) is 16.0. The van der Waals surface area contributed by atoms with E-state index in [0.29, 0.717) is 12.8 Å². The summed E-state index contributed by atoms with van der Waals surface area (Å²) in [6.45, 7) is -0.547. The highest BCUT2D eigenvalue weighted by atomic mass is 19.4. The van der Waals surface area contributed by atoms with Gasteiger partial charge in [-0.05, 0) is 12.8 Å². The van der Waals surface area contributed by atoms with Crippen LogP contribution in [0.15, 0.2) is 0 Å². The molecular weight excluding hydrogens is 291 g/mol. The van der Waals surface area contributed by atoms with Crippen LogP contribution in [0.2, 0.25) is 0 Å². The lowest BCUT2D eigenvalue weighted by atomic mass is 9.78. The number of methoxy groups -OCH3 is 1.